The molecule has 162 valence electrons. The molecule has 1 aliphatic rings. The average Bonchev–Trinajstić information content (AvgIpc) is 2.74. The van der Waals surface area contributed by atoms with Crippen LogP contribution in [-0.4, -0.2) is 29.2 Å². The molecule has 0 heterocycles. The van der Waals surface area contributed by atoms with Crippen molar-refractivity contribution in [2.45, 2.75) is 38.3 Å². The Morgan fingerprint density at radius 2 is 1.77 bits per heavy atom. The number of esters is 1. The van der Waals surface area contributed by atoms with Crippen molar-refractivity contribution >= 4 is 41.0 Å². The molecule has 1 fully saturated rings. The van der Waals surface area contributed by atoms with Crippen LogP contribution < -0.4 is 10.6 Å². The molecule has 0 atom stereocenters. The monoisotopic (exact) mass is 438 g/mol. The molecular formula is C24H26N2O4S. The fourth-order valence-electron chi connectivity index (χ4n) is 3.23. The van der Waals surface area contributed by atoms with Gasteiger partial charge in [0.25, 0.3) is 0 Å². The number of carbonyl (C=O) groups is 2. The number of ether oxygens (including phenoxy) is 2. The Morgan fingerprint density at radius 3 is 2.45 bits per heavy atom. The number of thiocarbonyl (C=S) groups is 1. The molecule has 31 heavy (non-hydrogen) atoms. The highest BCUT2D eigenvalue weighted by Crippen LogP contribution is 2.34. The van der Waals surface area contributed by atoms with Crippen LogP contribution in [0.1, 0.15) is 37.3 Å². The third-order valence-corrected chi connectivity index (χ3v) is 5.58. The van der Waals surface area contributed by atoms with E-state index in [1.807, 2.05) is 60.7 Å². The highest BCUT2D eigenvalue weighted by atomic mass is 32.1. The minimum Gasteiger partial charge on any atom is -0.462 e. The van der Waals surface area contributed by atoms with Gasteiger partial charge in [0.15, 0.2) is 0 Å². The molecule has 2 N–H and O–H groups in total. The van der Waals surface area contributed by atoms with Gasteiger partial charge in [-0.1, -0.05) is 66.8 Å². The summed E-state index contributed by atoms with van der Waals surface area (Å²) in [4.78, 5) is 23.9. The molecular weight excluding hydrogens is 412 g/mol. The second-order valence-corrected chi connectivity index (χ2v) is 7.78. The van der Waals surface area contributed by atoms with Crippen LogP contribution in [0.2, 0.25) is 0 Å². The predicted molar refractivity (Wildman–Crippen MR) is 125 cm³/mol. The molecule has 0 bridgehead atoms. The Morgan fingerprint density at radius 1 is 1.06 bits per heavy atom. The predicted octanol–water partition coefficient (Wildman–Crippen LogP) is 4.85. The molecule has 0 unspecified atom stereocenters. The number of hydrogen-bond donors (Lipinski definition) is 2. The molecule has 1 saturated carbocycles. The van der Waals surface area contributed by atoms with Crippen molar-refractivity contribution in [1.82, 2.24) is 5.32 Å². The molecule has 0 saturated heterocycles. The van der Waals surface area contributed by atoms with E-state index in [1.54, 1.807) is 6.08 Å². The highest BCUT2D eigenvalue weighted by molar-refractivity contribution is 7.80. The Kier molecular flexibility index (Phi) is 7.78. The van der Waals surface area contributed by atoms with E-state index >= 15 is 0 Å². The molecule has 2 aromatic carbocycles. The van der Waals surface area contributed by atoms with Gasteiger partial charge in [0.2, 0.25) is 0 Å². The maximum atomic E-state index is 12.4. The maximum Gasteiger partial charge on any atom is 0.408 e. The Bertz CT molecular complexity index is 955. The van der Waals surface area contributed by atoms with Crippen LogP contribution in [0.5, 0.6) is 0 Å². The molecule has 1 aliphatic carbocycles. The molecule has 2 aromatic rings. The van der Waals surface area contributed by atoms with E-state index < -0.39 is 11.6 Å². The Labute approximate surface area is 187 Å². The van der Waals surface area contributed by atoms with Gasteiger partial charge in [0.05, 0.1) is 5.54 Å². The molecule has 0 aromatic heterocycles. The van der Waals surface area contributed by atoms with Crippen molar-refractivity contribution in [3.8, 4) is 0 Å². The summed E-state index contributed by atoms with van der Waals surface area (Å²) in [6.07, 6.45) is 5.63. The zero-order chi connectivity index (χ0) is 22.1. The van der Waals surface area contributed by atoms with Crippen molar-refractivity contribution in [3.63, 3.8) is 0 Å². The summed E-state index contributed by atoms with van der Waals surface area (Å²) in [5.74, 6) is -0.325. The Balaban J connectivity index is 1.60. The summed E-state index contributed by atoms with van der Waals surface area (Å²) in [6.45, 7) is 1.78. The fourth-order valence-corrected chi connectivity index (χ4v) is 3.60. The summed E-state index contributed by atoms with van der Waals surface area (Å²) < 4.78 is 10.3. The van der Waals surface area contributed by atoms with E-state index in [-0.39, 0.29) is 19.2 Å². The van der Waals surface area contributed by atoms with Gasteiger partial charge in [-0.3, -0.25) is 4.79 Å². The molecule has 1 amide bonds. The van der Waals surface area contributed by atoms with Crippen LogP contribution in [0.15, 0.2) is 60.7 Å². The van der Waals surface area contributed by atoms with E-state index in [2.05, 4.69) is 10.6 Å². The summed E-state index contributed by atoms with van der Waals surface area (Å²) >= 11 is 5.67. The zero-order valence-corrected chi connectivity index (χ0v) is 18.2. The van der Waals surface area contributed by atoms with Crippen molar-refractivity contribution < 1.29 is 19.1 Å². The third kappa shape index (κ3) is 6.39. The van der Waals surface area contributed by atoms with Gasteiger partial charge in [-0.15, -0.1) is 0 Å². The largest absolute Gasteiger partial charge is 0.462 e. The van der Waals surface area contributed by atoms with Gasteiger partial charge in [0, 0.05) is 12.6 Å². The Hall–Kier alpha value is -3.19. The van der Waals surface area contributed by atoms with Crippen molar-refractivity contribution in [3.05, 3.63) is 71.8 Å². The second kappa shape index (κ2) is 10.7. The van der Waals surface area contributed by atoms with Crippen LogP contribution in [0.25, 0.3) is 6.08 Å². The minimum atomic E-state index is -0.613. The van der Waals surface area contributed by atoms with E-state index in [1.165, 1.54) is 6.92 Å². The minimum absolute atomic E-state index is 0.201. The van der Waals surface area contributed by atoms with E-state index in [9.17, 15) is 9.59 Å². The number of anilines is 1. The van der Waals surface area contributed by atoms with Crippen molar-refractivity contribution in [2.75, 3.05) is 11.9 Å². The number of hydrogen-bond acceptors (Lipinski definition) is 5. The summed E-state index contributed by atoms with van der Waals surface area (Å²) in [5, 5.41) is 6.25. The lowest BCUT2D eigenvalue weighted by Crippen LogP contribution is -2.60. The topological polar surface area (TPSA) is 76.7 Å². The summed E-state index contributed by atoms with van der Waals surface area (Å²) in [6, 6.07) is 17.2. The quantitative estimate of drug-likeness (QED) is 0.453. The van der Waals surface area contributed by atoms with Gasteiger partial charge < -0.3 is 20.1 Å². The lowest BCUT2D eigenvalue weighted by Gasteiger charge is -2.42. The zero-order valence-electron chi connectivity index (χ0n) is 17.4. The van der Waals surface area contributed by atoms with E-state index in [4.69, 9.17) is 21.7 Å². The first kappa shape index (κ1) is 22.5. The second-order valence-electron chi connectivity index (χ2n) is 7.37. The smallest absolute Gasteiger partial charge is 0.408 e. The first-order valence-electron chi connectivity index (χ1n) is 10.2. The molecule has 6 nitrogen and oxygen atoms in total. The number of amides is 1. The molecule has 0 spiro atoms. The molecule has 0 aliphatic heterocycles. The van der Waals surface area contributed by atoms with Crippen molar-refractivity contribution in [2.24, 2.45) is 0 Å². The van der Waals surface area contributed by atoms with Gasteiger partial charge in [-0.2, -0.15) is 0 Å². The number of nitrogens with one attached hydrogen (secondary N) is 2. The standard InChI is InChI=1S/C24H26N2O4S/c1-18(27)29-16-7-12-20-11-5-6-13-21(20)25-22(31)24(14-8-15-24)26-23(28)30-17-19-9-3-2-4-10-19/h2-7,9-13H,8,14-17H2,1H3,(H,25,31)(H,26,28)/b12-7-. The normalized spacial score (nSPS) is 14.4. The summed E-state index contributed by atoms with van der Waals surface area (Å²) in [7, 11) is 0. The van der Waals surface area contributed by atoms with E-state index in [0.717, 1.165) is 36.1 Å². The first-order chi connectivity index (χ1) is 15.0. The molecule has 7 heteroatoms. The number of benzene rings is 2. The SMILES string of the molecule is CC(=O)OC/C=C\c1ccccc1NC(=S)C1(NC(=O)OCc2ccccc2)CCC1. The third-order valence-electron chi connectivity index (χ3n) is 5.09. The van der Waals surface area contributed by atoms with Crippen LogP contribution in [0.4, 0.5) is 10.5 Å². The lowest BCUT2D eigenvalue weighted by atomic mass is 9.76. The molecule has 0 radical (unpaired) electrons. The van der Waals surface area contributed by atoms with Gasteiger partial charge in [0.1, 0.15) is 18.2 Å². The number of carbonyl (C=O) groups excluding carboxylic acids is 2. The lowest BCUT2D eigenvalue weighted by molar-refractivity contribution is -0.139. The van der Waals surface area contributed by atoms with Crippen LogP contribution in [0, 0.1) is 0 Å². The maximum absolute atomic E-state index is 12.4. The van der Waals surface area contributed by atoms with Gasteiger partial charge in [-0.05, 0) is 42.5 Å². The fraction of sp³-hybridized carbons (Fsp3) is 0.292. The number of rotatable bonds is 8. The first-order valence-corrected chi connectivity index (χ1v) is 10.6. The summed E-state index contributed by atoms with van der Waals surface area (Å²) in [5.41, 5.74) is 2.03. The number of alkyl carbamates (subject to hydrolysis) is 1. The number of para-hydroxylation sites is 1. The highest BCUT2D eigenvalue weighted by Gasteiger charge is 2.43. The van der Waals surface area contributed by atoms with Crippen LogP contribution in [0.3, 0.4) is 0 Å². The average molecular weight is 439 g/mol. The van der Waals surface area contributed by atoms with Crippen LogP contribution >= 0.6 is 12.2 Å². The van der Waals surface area contributed by atoms with Crippen molar-refractivity contribution in [1.29, 1.82) is 0 Å². The van der Waals surface area contributed by atoms with Crippen LogP contribution in [-0.2, 0) is 20.9 Å². The van der Waals surface area contributed by atoms with E-state index in [0.29, 0.717) is 4.99 Å². The van der Waals surface area contributed by atoms with Gasteiger partial charge >= 0.3 is 12.1 Å². The molecule has 3 rings (SSSR count). The van der Waals surface area contributed by atoms with Gasteiger partial charge in [-0.25, -0.2) is 4.79 Å².